The van der Waals surface area contributed by atoms with Gasteiger partial charge < -0.3 is 0 Å². The van der Waals surface area contributed by atoms with Crippen molar-refractivity contribution in [3.8, 4) is 0 Å². The summed E-state index contributed by atoms with van der Waals surface area (Å²) in [6.07, 6.45) is 4.53. The standard InChI is InChI=1S/C16H17BrN2OS/c1-11(17)10-21-16-18-14-9-5-4-8-13(14)15(20)19(16)12-6-2-3-7-12/h4-5,8-9,12H,1-3,6-7,10H2. The van der Waals surface area contributed by atoms with Crippen LogP contribution in [0.25, 0.3) is 10.9 Å². The molecule has 5 heteroatoms. The van der Waals surface area contributed by atoms with E-state index in [1.807, 2.05) is 28.8 Å². The molecule has 0 N–H and O–H groups in total. The Morgan fingerprint density at radius 2 is 2.10 bits per heavy atom. The van der Waals surface area contributed by atoms with Crippen molar-refractivity contribution in [2.45, 2.75) is 36.9 Å². The van der Waals surface area contributed by atoms with Crippen molar-refractivity contribution in [2.24, 2.45) is 0 Å². The minimum atomic E-state index is 0.0928. The molecule has 0 unspecified atom stereocenters. The number of rotatable bonds is 4. The van der Waals surface area contributed by atoms with Gasteiger partial charge in [-0.15, -0.1) is 0 Å². The zero-order valence-corrected chi connectivity index (χ0v) is 14.1. The summed E-state index contributed by atoms with van der Waals surface area (Å²) in [4.78, 5) is 17.6. The minimum Gasteiger partial charge on any atom is -0.284 e. The Kier molecular flexibility index (Phi) is 4.50. The first kappa shape index (κ1) is 14.9. The molecule has 1 saturated carbocycles. The molecular weight excluding hydrogens is 348 g/mol. The van der Waals surface area contributed by atoms with Crippen molar-refractivity contribution in [1.29, 1.82) is 0 Å². The zero-order valence-electron chi connectivity index (χ0n) is 11.7. The van der Waals surface area contributed by atoms with Crippen molar-refractivity contribution < 1.29 is 0 Å². The quantitative estimate of drug-likeness (QED) is 0.591. The molecule has 0 saturated heterocycles. The maximum Gasteiger partial charge on any atom is 0.262 e. The number of hydrogen-bond donors (Lipinski definition) is 0. The lowest BCUT2D eigenvalue weighted by Gasteiger charge is -2.18. The number of nitrogens with zero attached hydrogens (tertiary/aromatic N) is 2. The van der Waals surface area contributed by atoms with Crippen molar-refractivity contribution in [1.82, 2.24) is 9.55 Å². The molecule has 3 rings (SSSR count). The largest absolute Gasteiger partial charge is 0.284 e. The van der Waals surface area contributed by atoms with Crippen molar-refractivity contribution >= 4 is 38.6 Å². The van der Waals surface area contributed by atoms with Gasteiger partial charge in [0.25, 0.3) is 5.56 Å². The summed E-state index contributed by atoms with van der Waals surface area (Å²) in [5.41, 5.74) is 0.870. The zero-order chi connectivity index (χ0) is 14.8. The van der Waals surface area contributed by atoms with Gasteiger partial charge in [0.15, 0.2) is 5.16 Å². The number of thioether (sulfide) groups is 1. The van der Waals surface area contributed by atoms with Gasteiger partial charge >= 0.3 is 0 Å². The molecule has 0 aliphatic heterocycles. The van der Waals surface area contributed by atoms with Crippen LogP contribution in [0.3, 0.4) is 0 Å². The van der Waals surface area contributed by atoms with Crippen LogP contribution in [0.2, 0.25) is 0 Å². The molecule has 1 aromatic heterocycles. The third-order valence-electron chi connectivity index (χ3n) is 3.82. The summed E-state index contributed by atoms with van der Waals surface area (Å²) in [7, 11) is 0. The molecule has 0 atom stereocenters. The number of benzene rings is 1. The Morgan fingerprint density at radius 3 is 2.81 bits per heavy atom. The normalized spacial score (nSPS) is 15.7. The lowest BCUT2D eigenvalue weighted by molar-refractivity contribution is 0.458. The summed E-state index contributed by atoms with van der Waals surface area (Å²) in [5.74, 6) is 0.720. The first-order valence-electron chi connectivity index (χ1n) is 7.14. The molecule has 1 aliphatic carbocycles. The summed E-state index contributed by atoms with van der Waals surface area (Å²) < 4.78 is 2.82. The van der Waals surface area contributed by atoms with Gasteiger partial charge in [0.2, 0.25) is 0 Å². The summed E-state index contributed by atoms with van der Waals surface area (Å²) in [5, 5.41) is 1.53. The van der Waals surface area contributed by atoms with Crippen LogP contribution >= 0.6 is 27.7 Å². The lowest BCUT2D eigenvalue weighted by atomic mass is 10.2. The van der Waals surface area contributed by atoms with Crippen LogP contribution in [0.1, 0.15) is 31.7 Å². The molecular formula is C16H17BrN2OS. The van der Waals surface area contributed by atoms with Gasteiger partial charge in [-0.25, -0.2) is 4.98 Å². The molecule has 3 nitrogen and oxygen atoms in total. The highest BCUT2D eigenvalue weighted by atomic mass is 79.9. The van der Waals surface area contributed by atoms with Crippen LogP contribution < -0.4 is 5.56 Å². The molecule has 1 fully saturated rings. The van der Waals surface area contributed by atoms with Crippen molar-refractivity contribution in [2.75, 3.05) is 5.75 Å². The van der Waals surface area contributed by atoms with E-state index in [9.17, 15) is 4.79 Å². The third-order valence-corrected chi connectivity index (χ3v) is 5.51. The third kappa shape index (κ3) is 3.09. The maximum absolute atomic E-state index is 12.9. The van der Waals surface area contributed by atoms with E-state index in [-0.39, 0.29) is 5.56 Å². The molecule has 0 bridgehead atoms. The average molecular weight is 365 g/mol. The van der Waals surface area contributed by atoms with E-state index in [0.29, 0.717) is 11.4 Å². The highest BCUT2D eigenvalue weighted by Crippen LogP contribution is 2.32. The second-order valence-corrected chi connectivity index (χ2v) is 7.39. The first-order chi connectivity index (χ1) is 10.2. The monoisotopic (exact) mass is 364 g/mol. The Morgan fingerprint density at radius 1 is 1.38 bits per heavy atom. The highest BCUT2D eigenvalue weighted by Gasteiger charge is 2.22. The van der Waals surface area contributed by atoms with Gasteiger partial charge in [-0.05, 0) is 29.5 Å². The van der Waals surface area contributed by atoms with Gasteiger partial charge in [-0.3, -0.25) is 9.36 Å². The smallest absolute Gasteiger partial charge is 0.262 e. The van der Waals surface area contributed by atoms with Gasteiger partial charge in [0.1, 0.15) is 0 Å². The molecule has 1 heterocycles. The minimum absolute atomic E-state index is 0.0928. The van der Waals surface area contributed by atoms with Crippen LogP contribution in [0.15, 0.2) is 45.3 Å². The molecule has 0 spiro atoms. The average Bonchev–Trinajstić information content (AvgIpc) is 2.99. The number of hydrogen-bond acceptors (Lipinski definition) is 3. The Bertz CT molecular complexity index is 735. The Hall–Kier alpha value is -1.07. The number of halogens is 1. The van der Waals surface area contributed by atoms with Crippen LogP contribution in [0.4, 0.5) is 0 Å². The molecule has 1 aromatic carbocycles. The fourth-order valence-electron chi connectivity index (χ4n) is 2.85. The van der Waals surface area contributed by atoms with Crippen LogP contribution in [0.5, 0.6) is 0 Å². The SMILES string of the molecule is C=C(Br)CSc1nc2ccccc2c(=O)n1C1CCCC1. The summed E-state index contributed by atoms with van der Waals surface area (Å²) >= 11 is 4.95. The van der Waals surface area contributed by atoms with E-state index in [1.54, 1.807) is 11.8 Å². The predicted octanol–water partition coefficient (Wildman–Crippen LogP) is 4.51. The van der Waals surface area contributed by atoms with Gasteiger partial charge in [0, 0.05) is 11.8 Å². The Balaban J connectivity index is 2.14. The topological polar surface area (TPSA) is 34.9 Å². The highest BCUT2D eigenvalue weighted by molar-refractivity contribution is 9.11. The van der Waals surface area contributed by atoms with Crippen LogP contribution in [0, 0.1) is 0 Å². The van der Waals surface area contributed by atoms with Crippen molar-refractivity contribution in [3.05, 3.63) is 45.7 Å². The van der Waals surface area contributed by atoms with E-state index >= 15 is 0 Å². The van der Waals surface area contributed by atoms with E-state index in [0.717, 1.165) is 33.8 Å². The van der Waals surface area contributed by atoms with Gasteiger partial charge in [0.05, 0.1) is 10.9 Å². The summed E-state index contributed by atoms with van der Waals surface area (Å²) in [6.45, 7) is 3.86. The van der Waals surface area contributed by atoms with E-state index in [2.05, 4.69) is 22.5 Å². The van der Waals surface area contributed by atoms with Gasteiger partial charge in [-0.1, -0.05) is 59.2 Å². The van der Waals surface area contributed by atoms with E-state index in [1.165, 1.54) is 12.8 Å². The molecule has 0 radical (unpaired) electrons. The molecule has 2 aromatic rings. The van der Waals surface area contributed by atoms with Crippen LogP contribution in [-0.4, -0.2) is 15.3 Å². The fourth-order valence-corrected chi connectivity index (χ4v) is 4.02. The predicted molar refractivity (Wildman–Crippen MR) is 92.3 cm³/mol. The lowest BCUT2D eigenvalue weighted by Crippen LogP contribution is -2.26. The molecule has 21 heavy (non-hydrogen) atoms. The second-order valence-electron chi connectivity index (χ2n) is 5.33. The first-order valence-corrected chi connectivity index (χ1v) is 8.92. The maximum atomic E-state index is 12.9. The number of para-hydroxylation sites is 1. The van der Waals surface area contributed by atoms with E-state index < -0.39 is 0 Å². The number of aromatic nitrogens is 2. The van der Waals surface area contributed by atoms with E-state index in [4.69, 9.17) is 4.98 Å². The molecule has 110 valence electrons. The molecule has 1 aliphatic rings. The summed E-state index contributed by atoms with van der Waals surface area (Å²) in [6, 6.07) is 7.89. The van der Waals surface area contributed by atoms with Gasteiger partial charge in [-0.2, -0.15) is 0 Å². The molecule has 0 amide bonds. The van der Waals surface area contributed by atoms with Crippen LogP contribution in [-0.2, 0) is 0 Å². The number of fused-ring (bicyclic) bond motifs is 1. The van der Waals surface area contributed by atoms with Crippen molar-refractivity contribution in [3.63, 3.8) is 0 Å². The fraction of sp³-hybridized carbons (Fsp3) is 0.375. The second kappa shape index (κ2) is 6.36. The Labute approximate surface area is 136 Å².